The molecule has 0 radical (unpaired) electrons. The van der Waals surface area contributed by atoms with Gasteiger partial charge in [0, 0.05) is 18.2 Å². The van der Waals surface area contributed by atoms with Gasteiger partial charge in [0.2, 0.25) is 0 Å². The predicted octanol–water partition coefficient (Wildman–Crippen LogP) is 2.09. The summed E-state index contributed by atoms with van der Waals surface area (Å²) in [5.74, 6) is 0. The average molecular weight is 209 g/mol. The Labute approximate surface area is 92.7 Å². The van der Waals surface area contributed by atoms with Crippen LogP contribution in [0, 0.1) is 0 Å². The van der Waals surface area contributed by atoms with Crippen LogP contribution in [0.25, 0.3) is 0 Å². The van der Waals surface area contributed by atoms with E-state index in [-0.39, 0.29) is 11.6 Å². The first-order chi connectivity index (χ1) is 6.84. The Hall–Kier alpha value is -0.830. The van der Waals surface area contributed by atoms with Crippen molar-refractivity contribution >= 4 is 0 Å². The van der Waals surface area contributed by atoms with Gasteiger partial charge in [-0.3, -0.25) is 4.68 Å². The first-order valence-electron chi connectivity index (χ1n) is 5.68. The van der Waals surface area contributed by atoms with Gasteiger partial charge in [0.05, 0.1) is 11.2 Å². The molecule has 2 N–H and O–H groups in total. The molecule has 15 heavy (non-hydrogen) atoms. The minimum Gasteiger partial charge on any atom is -0.328 e. The second-order valence-electron chi connectivity index (χ2n) is 5.24. The zero-order valence-electron chi connectivity index (χ0n) is 10.5. The lowest BCUT2D eigenvalue weighted by atomic mass is 10.1. The summed E-state index contributed by atoms with van der Waals surface area (Å²) in [5, 5.41) is 4.63. The highest BCUT2D eigenvalue weighted by molar-refractivity contribution is 5.13. The van der Waals surface area contributed by atoms with Crippen molar-refractivity contribution in [1.29, 1.82) is 0 Å². The number of rotatable bonds is 3. The van der Waals surface area contributed by atoms with Crippen molar-refractivity contribution in [2.24, 2.45) is 5.73 Å². The molecule has 1 aromatic rings. The summed E-state index contributed by atoms with van der Waals surface area (Å²) in [6.45, 7) is 10.7. The molecule has 0 aliphatic heterocycles. The van der Waals surface area contributed by atoms with Crippen LogP contribution < -0.4 is 5.73 Å². The normalized spacial score (nSPS) is 14.3. The smallest absolute Gasteiger partial charge is 0.0643 e. The maximum atomic E-state index is 5.79. The van der Waals surface area contributed by atoms with E-state index < -0.39 is 0 Å². The lowest BCUT2D eigenvalue weighted by Gasteiger charge is -2.22. The highest BCUT2D eigenvalue weighted by Gasteiger charge is 2.18. The van der Waals surface area contributed by atoms with E-state index in [1.54, 1.807) is 0 Å². The molecule has 0 fully saturated rings. The van der Waals surface area contributed by atoms with Crippen LogP contribution in [-0.2, 0) is 18.4 Å². The molecule has 1 rings (SSSR count). The minimum atomic E-state index is 0.0570. The second-order valence-corrected chi connectivity index (χ2v) is 5.24. The zero-order chi connectivity index (χ0) is 11.6. The summed E-state index contributed by atoms with van der Waals surface area (Å²) in [7, 11) is 0. The molecule has 0 aliphatic carbocycles. The van der Waals surface area contributed by atoms with Crippen molar-refractivity contribution in [1.82, 2.24) is 9.78 Å². The molecule has 0 aromatic carbocycles. The Bertz CT molecular complexity index is 318. The Balaban J connectivity index is 3.01. The van der Waals surface area contributed by atoms with E-state index in [2.05, 4.69) is 43.5 Å². The Morgan fingerprint density at radius 1 is 1.47 bits per heavy atom. The van der Waals surface area contributed by atoms with Crippen LogP contribution in [-0.4, -0.2) is 15.8 Å². The lowest BCUT2D eigenvalue weighted by molar-refractivity contribution is 0.342. The molecule has 3 nitrogen and oxygen atoms in total. The van der Waals surface area contributed by atoms with Crippen molar-refractivity contribution in [2.45, 2.75) is 59.0 Å². The number of aromatic nitrogens is 2. The summed E-state index contributed by atoms with van der Waals surface area (Å²) in [5.41, 5.74) is 8.24. The van der Waals surface area contributed by atoms with Crippen molar-refractivity contribution in [3.05, 3.63) is 17.5 Å². The van der Waals surface area contributed by atoms with Gasteiger partial charge in [-0.05, 0) is 40.2 Å². The molecule has 1 heterocycles. The molecule has 1 unspecified atom stereocenters. The third kappa shape index (κ3) is 3.06. The maximum Gasteiger partial charge on any atom is 0.0643 e. The van der Waals surface area contributed by atoms with Crippen LogP contribution in [0.4, 0.5) is 0 Å². The molecule has 1 aromatic heterocycles. The van der Waals surface area contributed by atoms with Crippen molar-refractivity contribution in [3.63, 3.8) is 0 Å². The van der Waals surface area contributed by atoms with E-state index in [0.29, 0.717) is 0 Å². The summed E-state index contributed by atoms with van der Waals surface area (Å²) >= 11 is 0. The van der Waals surface area contributed by atoms with E-state index in [4.69, 9.17) is 5.73 Å². The molecule has 0 saturated heterocycles. The van der Waals surface area contributed by atoms with Crippen LogP contribution in [0.3, 0.4) is 0 Å². The molecule has 1 atom stereocenters. The number of nitrogens with zero attached hydrogens (tertiary/aromatic N) is 2. The van der Waals surface area contributed by atoms with Crippen LogP contribution in [0.1, 0.15) is 46.0 Å². The van der Waals surface area contributed by atoms with Gasteiger partial charge < -0.3 is 5.73 Å². The Morgan fingerprint density at radius 2 is 2.07 bits per heavy atom. The first-order valence-corrected chi connectivity index (χ1v) is 5.68. The lowest BCUT2D eigenvalue weighted by Crippen LogP contribution is -2.25. The van der Waals surface area contributed by atoms with Gasteiger partial charge in [0.1, 0.15) is 0 Å². The molecule has 0 amide bonds. The molecule has 0 aliphatic rings. The number of hydrogen-bond donors (Lipinski definition) is 1. The van der Waals surface area contributed by atoms with Gasteiger partial charge >= 0.3 is 0 Å². The molecule has 0 bridgehead atoms. The highest BCUT2D eigenvalue weighted by Crippen LogP contribution is 2.18. The standard InChI is InChI=1S/C12H23N3/c1-6-11-8-10(7-9(2)13)14-15(11)12(3,4)5/h8-9H,6-7,13H2,1-5H3. The second kappa shape index (κ2) is 4.35. The summed E-state index contributed by atoms with van der Waals surface area (Å²) in [6.07, 6.45) is 1.87. The fourth-order valence-corrected chi connectivity index (χ4v) is 1.74. The number of aryl methyl sites for hydroxylation is 1. The Morgan fingerprint density at radius 3 is 2.40 bits per heavy atom. The topological polar surface area (TPSA) is 43.8 Å². The van der Waals surface area contributed by atoms with Gasteiger partial charge in [-0.15, -0.1) is 0 Å². The van der Waals surface area contributed by atoms with Crippen molar-refractivity contribution in [3.8, 4) is 0 Å². The van der Waals surface area contributed by atoms with Gasteiger partial charge in [-0.1, -0.05) is 6.92 Å². The van der Waals surface area contributed by atoms with E-state index >= 15 is 0 Å². The highest BCUT2D eigenvalue weighted by atomic mass is 15.3. The SMILES string of the molecule is CCc1cc(CC(C)N)nn1C(C)(C)C. The van der Waals surface area contributed by atoms with E-state index in [0.717, 1.165) is 18.5 Å². The van der Waals surface area contributed by atoms with Crippen LogP contribution in [0.5, 0.6) is 0 Å². The van der Waals surface area contributed by atoms with Crippen LogP contribution in [0.15, 0.2) is 6.07 Å². The summed E-state index contributed by atoms with van der Waals surface area (Å²) in [6, 6.07) is 2.35. The first kappa shape index (κ1) is 12.2. The molecular weight excluding hydrogens is 186 g/mol. The molecule has 0 saturated carbocycles. The largest absolute Gasteiger partial charge is 0.328 e. The Kier molecular flexibility index (Phi) is 3.55. The molecule has 86 valence electrons. The van der Waals surface area contributed by atoms with E-state index in [1.807, 2.05) is 6.92 Å². The summed E-state index contributed by atoms with van der Waals surface area (Å²) < 4.78 is 2.12. The maximum absolute atomic E-state index is 5.79. The fourth-order valence-electron chi connectivity index (χ4n) is 1.74. The minimum absolute atomic E-state index is 0.0570. The van der Waals surface area contributed by atoms with Gasteiger partial charge in [0.15, 0.2) is 0 Å². The van der Waals surface area contributed by atoms with Gasteiger partial charge in [-0.2, -0.15) is 5.10 Å². The van der Waals surface area contributed by atoms with Crippen LogP contribution >= 0.6 is 0 Å². The molecular formula is C12H23N3. The van der Waals surface area contributed by atoms with Crippen LogP contribution in [0.2, 0.25) is 0 Å². The average Bonchev–Trinajstić information content (AvgIpc) is 2.45. The third-order valence-corrected chi connectivity index (χ3v) is 2.36. The fraction of sp³-hybridized carbons (Fsp3) is 0.750. The number of hydrogen-bond acceptors (Lipinski definition) is 2. The quantitative estimate of drug-likeness (QED) is 0.828. The molecule has 0 spiro atoms. The van der Waals surface area contributed by atoms with E-state index in [9.17, 15) is 0 Å². The third-order valence-electron chi connectivity index (χ3n) is 2.36. The summed E-state index contributed by atoms with van der Waals surface area (Å²) in [4.78, 5) is 0. The van der Waals surface area contributed by atoms with Crippen molar-refractivity contribution in [2.75, 3.05) is 0 Å². The van der Waals surface area contributed by atoms with E-state index in [1.165, 1.54) is 5.69 Å². The monoisotopic (exact) mass is 209 g/mol. The molecule has 3 heteroatoms. The van der Waals surface area contributed by atoms with Gasteiger partial charge in [-0.25, -0.2) is 0 Å². The van der Waals surface area contributed by atoms with Gasteiger partial charge in [0.25, 0.3) is 0 Å². The number of nitrogens with two attached hydrogens (primary N) is 1. The van der Waals surface area contributed by atoms with Crippen molar-refractivity contribution < 1.29 is 0 Å². The zero-order valence-corrected chi connectivity index (χ0v) is 10.5. The predicted molar refractivity (Wildman–Crippen MR) is 64.0 cm³/mol.